The average molecular weight is 236 g/mol. The fraction of sp³-hybridized carbons (Fsp3) is 0.167. The second-order valence-electron chi connectivity index (χ2n) is 3.36. The molecule has 0 amide bonds. The topological polar surface area (TPSA) is 20.2 Å². The zero-order valence-electron chi connectivity index (χ0n) is 8.43. The highest BCUT2D eigenvalue weighted by Gasteiger charge is 2.01. The van der Waals surface area contributed by atoms with Gasteiger partial charge in [0.2, 0.25) is 0 Å². The molecule has 0 bridgehead atoms. The van der Waals surface area contributed by atoms with E-state index in [0.29, 0.717) is 0 Å². The van der Waals surface area contributed by atoms with Gasteiger partial charge in [-0.3, -0.25) is 0 Å². The van der Waals surface area contributed by atoms with E-state index in [9.17, 15) is 0 Å². The summed E-state index contributed by atoms with van der Waals surface area (Å²) >= 11 is 3.46. The van der Waals surface area contributed by atoms with Crippen LogP contribution in [0.2, 0.25) is 0 Å². The number of aliphatic hydroxyl groups excluding tert-OH is 1. The van der Waals surface area contributed by atoms with Gasteiger partial charge in [-0.2, -0.15) is 0 Å². The molecule has 2 heterocycles. The molecule has 78 valence electrons. The van der Waals surface area contributed by atoms with Gasteiger partial charge >= 0.3 is 0 Å². The Morgan fingerprint density at radius 1 is 1.47 bits per heavy atom. The first-order valence-electron chi connectivity index (χ1n) is 4.70. The molecule has 0 aliphatic heterocycles. The van der Waals surface area contributed by atoms with E-state index >= 15 is 0 Å². The van der Waals surface area contributed by atoms with E-state index in [2.05, 4.69) is 29.0 Å². The minimum Gasteiger partial charge on any atom is -0.392 e. The molecule has 2 aromatic heterocycles. The maximum Gasteiger partial charge on any atom is 0.0642 e. The van der Waals surface area contributed by atoms with Gasteiger partial charge in [-0.1, -0.05) is 6.07 Å². The summed E-state index contributed by atoms with van der Waals surface area (Å²) in [7, 11) is 0. The first-order valence-corrected chi connectivity index (χ1v) is 6.46. The molecule has 0 saturated carbocycles. The van der Waals surface area contributed by atoms with Crippen molar-refractivity contribution in [2.75, 3.05) is 6.61 Å². The molecule has 3 heteroatoms. The largest absolute Gasteiger partial charge is 0.392 e. The average Bonchev–Trinajstić information content (AvgIpc) is 2.85. The monoisotopic (exact) mass is 236 g/mol. The lowest BCUT2D eigenvalue weighted by Crippen LogP contribution is -1.81. The van der Waals surface area contributed by atoms with Crippen molar-refractivity contribution >= 4 is 28.7 Å². The highest BCUT2D eigenvalue weighted by molar-refractivity contribution is 7.15. The molecule has 0 unspecified atom stereocenters. The summed E-state index contributed by atoms with van der Waals surface area (Å²) in [5, 5.41) is 13.2. The molecular weight excluding hydrogens is 224 g/mol. The molecule has 1 N–H and O–H groups in total. The van der Waals surface area contributed by atoms with E-state index in [1.807, 2.05) is 13.0 Å². The fourth-order valence-corrected chi connectivity index (χ4v) is 3.00. The predicted octanol–water partition coefficient (Wildman–Crippen LogP) is 3.87. The van der Waals surface area contributed by atoms with Gasteiger partial charge < -0.3 is 5.11 Å². The van der Waals surface area contributed by atoms with Gasteiger partial charge in [0, 0.05) is 15.3 Å². The summed E-state index contributed by atoms with van der Waals surface area (Å²) in [6.07, 6.45) is 2.03. The Balaban J connectivity index is 2.25. The Bertz CT molecular complexity index is 452. The Morgan fingerprint density at radius 3 is 3.00 bits per heavy atom. The molecule has 0 spiro atoms. The Kier molecular flexibility index (Phi) is 3.36. The summed E-state index contributed by atoms with van der Waals surface area (Å²) in [6, 6.07) is 6.35. The van der Waals surface area contributed by atoms with E-state index in [1.54, 1.807) is 22.7 Å². The smallest absolute Gasteiger partial charge is 0.0642 e. The molecule has 0 atom stereocenters. The molecule has 0 saturated heterocycles. The number of rotatable bonds is 3. The Labute approximate surface area is 97.3 Å². The normalized spacial score (nSPS) is 12.0. The third-order valence-corrected chi connectivity index (χ3v) is 3.86. The van der Waals surface area contributed by atoms with Crippen molar-refractivity contribution < 1.29 is 5.11 Å². The maximum absolute atomic E-state index is 8.93. The zero-order valence-corrected chi connectivity index (χ0v) is 10.1. The molecule has 0 aliphatic rings. The van der Waals surface area contributed by atoms with Gasteiger partial charge in [0.15, 0.2) is 0 Å². The highest BCUT2D eigenvalue weighted by atomic mass is 32.1. The van der Waals surface area contributed by atoms with E-state index in [0.717, 1.165) is 5.57 Å². The van der Waals surface area contributed by atoms with Gasteiger partial charge in [-0.15, -0.1) is 22.7 Å². The van der Waals surface area contributed by atoms with E-state index in [4.69, 9.17) is 5.11 Å². The fourth-order valence-electron chi connectivity index (χ4n) is 1.29. The van der Waals surface area contributed by atoms with Gasteiger partial charge in [0.05, 0.1) is 6.61 Å². The van der Waals surface area contributed by atoms with Crippen LogP contribution in [-0.2, 0) is 0 Å². The SMILES string of the molecule is CC(=Cc1cc(-c2cccs2)cs1)CO. The second-order valence-corrected chi connectivity index (χ2v) is 5.25. The Hall–Kier alpha value is -0.900. The van der Waals surface area contributed by atoms with Crippen LogP contribution in [0.15, 0.2) is 34.5 Å². The van der Waals surface area contributed by atoms with E-state index in [-0.39, 0.29) is 6.61 Å². The van der Waals surface area contributed by atoms with Crippen molar-refractivity contribution in [2.24, 2.45) is 0 Å². The zero-order chi connectivity index (χ0) is 10.7. The lowest BCUT2D eigenvalue weighted by Gasteiger charge is -1.91. The molecule has 15 heavy (non-hydrogen) atoms. The van der Waals surface area contributed by atoms with Crippen LogP contribution in [0.4, 0.5) is 0 Å². The van der Waals surface area contributed by atoms with Gasteiger partial charge in [-0.05, 0) is 41.5 Å². The van der Waals surface area contributed by atoms with Crippen molar-refractivity contribution in [2.45, 2.75) is 6.92 Å². The van der Waals surface area contributed by atoms with Crippen molar-refractivity contribution in [3.63, 3.8) is 0 Å². The van der Waals surface area contributed by atoms with Crippen molar-refractivity contribution in [1.29, 1.82) is 0 Å². The van der Waals surface area contributed by atoms with Crippen LogP contribution in [0.25, 0.3) is 16.5 Å². The minimum atomic E-state index is 0.131. The third-order valence-electron chi connectivity index (χ3n) is 2.06. The summed E-state index contributed by atoms with van der Waals surface area (Å²) in [5.41, 5.74) is 2.27. The van der Waals surface area contributed by atoms with Crippen LogP contribution < -0.4 is 0 Å². The third kappa shape index (κ3) is 2.56. The summed E-state index contributed by atoms with van der Waals surface area (Å²) in [4.78, 5) is 2.50. The minimum absolute atomic E-state index is 0.131. The molecule has 2 aromatic rings. The standard InChI is InChI=1S/C12H12OS2/c1-9(7-13)5-11-6-10(8-15-11)12-3-2-4-14-12/h2-6,8,13H,7H2,1H3. The number of thiophene rings is 2. The van der Waals surface area contributed by atoms with Crippen molar-refractivity contribution in [1.82, 2.24) is 0 Å². The van der Waals surface area contributed by atoms with Crippen LogP contribution >= 0.6 is 22.7 Å². The van der Waals surface area contributed by atoms with Crippen molar-refractivity contribution in [3.8, 4) is 10.4 Å². The first-order chi connectivity index (χ1) is 7.29. The van der Waals surface area contributed by atoms with Gasteiger partial charge in [0.1, 0.15) is 0 Å². The molecule has 0 radical (unpaired) electrons. The summed E-state index contributed by atoms with van der Waals surface area (Å²) in [5.74, 6) is 0. The number of aliphatic hydroxyl groups is 1. The first kappa shape index (κ1) is 10.6. The second kappa shape index (κ2) is 4.75. The van der Waals surface area contributed by atoms with Crippen LogP contribution in [0, 0.1) is 0 Å². The molecule has 1 nitrogen and oxygen atoms in total. The lowest BCUT2D eigenvalue weighted by molar-refractivity contribution is 0.332. The summed E-state index contributed by atoms with van der Waals surface area (Å²) in [6.45, 7) is 2.07. The van der Waals surface area contributed by atoms with E-state index in [1.165, 1.54) is 15.3 Å². The molecule has 0 aliphatic carbocycles. The lowest BCUT2D eigenvalue weighted by atomic mass is 10.2. The van der Waals surface area contributed by atoms with Crippen LogP contribution in [-0.4, -0.2) is 11.7 Å². The maximum atomic E-state index is 8.93. The van der Waals surface area contributed by atoms with Crippen molar-refractivity contribution in [3.05, 3.63) is 39.4 Å². The van der Waals surface area contributed by atoms with E-state index < -0.39 is 0 Å². The molecular formula is C12H12OS2. The number of hydrogen-bond acceptors (Lipinski definition) is 3. The summed E-state index contributed by atoms with van der Waals surface area (Å²) < 4.78 is 0. The predicted molar refractivity (Wildman–Crippen MR) is 68.4 cm³/mol. The van der Waals surface area contributed by atoms with Gasteiger partial charge in [-0.25, -0.2) is 0 Å². The number of hydrogen-bond donors (Lipinski definition) is 1. The molecule has 0 aromatic carbocycles. The highest BCUT2D eigenvalue weighted by Crippen LogP contribution is 2.30. The molecule has 2 rings (SSSR count). The van der Waals surface area contributed by atoms with Crippen LogP contribution in [0.3, 0.4) is 0 Å². The van der Waals surface area contributed by atoms with Crippen LogP contribution in [0.1, 0.15) is 11.8 Å². The van der Waals surface area contributed by atoms with Gasteiger partial charge in [0.25, 0.3) is 0 Å². The Morgan fingerprint density at radius 2 is 2.33 bits per heavy atom. The van der Waals surface area contributed by atoms with Crippen LogP contribution in [0.5, 0.6) is 0 Å². The quantitative estimate of drug-likeness (QED) is 0.857. The molecule has 0 fully saturated rings.